The number of rotatable bonds is 1. The van der Waals surface area contributed by atoms with Crippen molar-refractivity contribution in [1.82, 2.24) is 14.4 Å². The van der Waals surface area contributed by atoms with Crippen LogP contribution in [0.3, 0.4) is 0 Å². The molecule has 0 aliphatic carbocycles. The minimum Gasteiger partial charge on any atom is -0.203 e. The fraction of sp³-hybridized carbons (Fsp3) is 0.500. The maximum absolute atomic E-state index is 10.7. The van der Waals surface area contributed by atoms with Crippen LogP contribution >= 0.6 is 0 Å². The summed E-state index contributed by atoms with van der Waals surface area (Å²) in [4.78, 5) is 0. The lowest BCUT2D eigenvalue weighted by Crippen LogP contribution is -2.13. The predicted molar refractivity (Wildman–Crippen MR) is 35.0 cm³/mol. The Kier molecular flexibility index (Phi) is 1.47. The SMILES string of the molecule is Cc1cnn(S(C)(=O)=O)n1. The van der Waals surface area contributed by atoms with Crippen molar-refractivity contribution in [2.75, 3.05) is 6.26 Å². The average molecular weight is 161 g/mol. The molecule has 56 valence electrons. The van der Waals surface area contributed by atoms with E-state index in [1.807, 2.05) is 0 Å². The van der Waals surface area contributed by atoms with Crippen LogP contribution in [-0.2, 0) is 10.0 Å². The molecule has 0 aliphatic rings. The van der Waals surface area contributed by atoms with Gasteiger partial charge in [0.1, 0.15) is 0 Å². The molecule has 0 bridgehead atoms. The molecule has 0 radical (unpaired) electrons. The van der Waals surface area contributed by atoms with Crippen molar-refractivity contribution in [2.45, 2.75) is 6.92 Å². The first-order valence-corrected chi connectivity index (χ1v) is 4.44. The first-order valence-electron chi connectivity index (χ1n) is 2.59. The second-order valence-electron chi connectivity index (χ2n) is 1.97. The van der Waals surface area contributed by atoms with Crippen LogP contribution in [0.25, 0.3) is 0 Å². The van der Waals surface area contributed by atoms with Gasteiger partial charge in [0.15, 0.2) is 0 Å². The number of aryl methyl sites for hydroxylation is 1. The van der Waals surface area contributed by atoms with E-state index < -0.39 is 10.0 Å². The Hall–Kier alpha value is -0.910. The van der Waals surface area contributed by atoms with Gasteiger partial charge >= 0.3 is 0 Å². The van der Waals surface area contributed by atoms with Crippen molar-refractivity contribution in [1.29, 1.82) is 0 Å². The van der Waals surface area contributed by atoms with Crippen LogP contribution < -0.4 is 0 Å². The fourth-order valence-electron chi connectivity index (χ4n) is 0.479. The molecule has 0 atom stereocenters. The van der Waals surface area contributed by atoms with Crippen LogP contribution in [0.15, 0.2) is 6.20 Å². The molecule has 1 heterocycles. The lowest BCUT2D eigenvalue weighted by atomic mass is 10.6. The van der Waals surface area contributed by atoms with Crippen molar-refractivity contribution in [3.05, 3.63) is 11.9 Å². The Bertz CT molecular complexity index is 326. The summed E-state index contributed by atoms with van der Waals surface area (Å²) in [5, 5.41) is 7.10. The summed E-state index contributed by atoms with van der Waals surface area (Å²) in [7, 11) is -3.29. The van der Waals surface area contributed by atoms with Crippen molar-refractivity contribution in [3.8, 4) is 0 Å². The molecule has 10 heavy (non-hydrogen) atoms. The van der Waals surface area contributed by atoms with Gasteiger partial charge in [-0.05, 0) is 6.92 Å². The Morgan fingerprint density at radius 3 is 2.40 bits per heavy atom. The minimum absolute atomic E-state index is 0.588. The van der Waals surface area contributed by atoms with Gasteiger partial charge in [0.25, 0.3) is 10.0 Å². The molecular formula is C4H7N3O2S. The van der Waals surface area contributed by atoms with Crippen LogP contribution in [0, 0.1) is 6.92 Å². The molecule has 0 aromatic carbocycles. The van der Waals surface area contributed by atoms with E-state index in [1.165, 1.54) is 6.20 Å². The second-order valence-corrected chi connectivity index (χ2v) is 3.76. The summed E-state index contributed by atoms with van der Waals surface area (Å²) in [5.74, 6) is 0. The van der Waals surface area contributed by atoms with E-state index in [-0.39, 0.29) is 0 Å². The summed E-state index contributed by atoms with van der Waals surface area (Å²) in [6.45, 7) is 1.68. The highest BCUT2D eigenvalue weighted by Crippen LogP contribution is 1.90. The third-order valence-corrected chi connectivity index (χ3v) is 1.65. The lowest BCUT2D eigenvalue weighted by Gasteiger charge is -1.90. The first-order chi connectivity index (χ1) is 4.50. The maximum atomic E-state index is 10.7. The summed E-state index contributed by atoms with van der Waals surface area (Å²) >= 11 is 0. The molecule has 1 aromatic rings. The van der Waals surface area contributed by atoms with Gasteiger partial charge in [0, 0.05) is 0 Å². The molecule has 1 aromatic heterocycles. The van der Waals surface area contributed by atoms with E-state index in [9.17, 15) is 8.42 Å². The Morgan fingerprint density at radius 1 is 1.60 bits per heavy atom. The van der Waals surface area contributed by atoms with Gasteiger partial charge in [-0.2, -0.15) is 0 Å². The lowest BCUT2D eigenvalue weighted by molar-refractivity contribution is 0.575. The zero-order valence-electron chi connectivity index (χ0n) is 5.64. The Morgan fingerprint density at radius 2 is 2.20 bits per heavy atom. The summed E-state index contributed by atoms with van der Waals surface area (Å²) in [6, 6.07) is 0. The summed E-state index contributed by atoms with van der Waals surface area (Å²) < 4.78 is 22.1. The largest absolute Gasteiger partial charge is 0.267 e. The predicted octanol–water partition coefficient (Wildman–Crippen LogP) is -0.606. The van der Waals surface area contributed by atoms with Crippen LogP contribution in [-0.4, -0.2) is 29.1 Å². The molecule has 0 saturated carbocycles. The normalized spacial score (nSPS) is 11.8. The summed E-state index contributed by atoms with van der Waals surface area (Å²) in [5.41, 5.74) is 0.588. The fourth-order valence-corrected chi connectivity index (χ4v) is 0.975. The molecule has 6 heteroatoms. The standard InChI is InChI=1S/C4H7N3O2S/c1-4-3-5-7(6-4)10(2,8)9/h3H,1-2H3. The molecule has 0 unspecified atom stereocenters. The van der Waals surface area contributed by atoms with Crippen LogP contribution in [0.2, 0.25) is 0 Å². The third kappa shape index (κ3) is 1.32. The van der Waals surface area contributed by atoms with Gasteiger partial charge < -0.3 is 0 Å². The molecule has 0 saturated heterocycles. The second kappa shape index (κ2) is 2.05. The molecule has 0 fully saturated rings. The van der Waals surface area contributed by atoms with Crippen molar-refractivity contribution in [2.24, 2.45) is 0 Å². The van der Waals surface area contributed by atoms with Gasteiger partial charge in [-0.25, -0.2) is 8.42 Å². The highest BCUT2D eigenvalue weighted by atomic mass is 32.2. The van der Waals surface area contributed by atoms with Gasteiger partial charge in [0.05, 0.1) is 18.1 Å². The number of aromatic nitrogens is 3. The topological polar surface area (TPSA) is 64.8 Å². The van der Waals surface area contributed by atoms with Gasteiger partial charge in [-0.3, -0.25) is 0 Å². The van der Waals surface area contributed by atoms with Gasteiger partial charge in [0.2, 0.25) is 0 Å². The monoisotopic (exact) mass is 161 g/mol. The van der Waals surface area contributed by atoms with Crippen molar-refractivity contribution in [3.63, 3.8) is 0 Å². The van der Waals surface area contributed by atoms with E-state index in [4.69, 9.17) is 0 Å². The smallest absolute Gasteiger partial charge is 0.203 e. The van der Waals surface area contributed by atoms with Crippen molar-refractivity contribution >= 4 is 10.0 Å². The average Bonchev–Trinajstić information content (AvgIpc) is 2.11. The molecular weight excluding hydrogens is 154 g/mol. The van der Waals surface area contributed by atoms with Crippen molar-refractivity contribution < 1.29 is 8.42 Å². The number of hydrogen-bond acceptors (Lipinski definition) is 4. The van der Waals surface area contributed by atoms with E-state index in [0.717, 1.165) is 6.26 Å². The van der Waals surface area contributed by atoms with E-state index in [1.54, 1.807) is 6.92 Å². The van der Waals surface area contributed by atoms with E-state index >= 15 is 0 Å². The number of nitrogens with zero attached hydrogens (tertiary/aromatic N) is 3. The van der Waals surface area contributed by atoms with E-state index in [0.29, 0.717) is 9.90 Å². The van der Waals surface area contributed by atoms with Gasteiger partial charge in [-0.15, -0.1) is 10.2 Å². The molecule has 0 spiro atoms. The van der Waals surface area contributed by atoms with Crippen LogP contribution in [0.5, 0.6) is 0 Å². The Balaban J connectivity index is 3.21. The minimum atomic E-state index is -3.29. The van der Waals surface area contributed by atoms with Crippen LogP contribution in [0.4, 0.5) is 0 Å². The van der Waals surface area contributed by atoms with E-state index in [2.05, 4.69) is 10.2 Å². The molecule has 5 nitrogen and oxygen atoms in total. The zero-order valence-corrected chi connectivity index (χ0v) is 6.46. The molecule has 0 amide bonds. The first kappa shape index (κ1) is 7.20. The Labute approximate surface area is 58.7 Å². The quantitative estimate of drug-likeness (QED) is 0.551. The van der Waals surface area contributed by atoms with Crippen LogP contribution in [0.1, 0.15) is 5.69 Å². The molecule has 1 rings (SSSR count). The third-order valence-electron chi connectivity index (χ3n) is 0.883. The van der Waals surface area contributed by atoms with Gasteiger partial charge in [-0.1, -0.05) is 4.20 Å². The summed E-state index contributed by atoms with van der Waals surface area (Å²) in [6.07, 6.45) is 2.44. The highest BCUT2D eigenvalue weighted by Gasteiger charge is 2.05. The molecule has 0 aliphatic heterocycles. The zero-order chi connectivity index (χ0) is 7.78. The highest BCUT2D eigenvalue weighted by molar-refractivity contribution is 7.88. The number of hydrogen-bond donors (Lipinski definition) is 0. The molecule has 0 N–H and O–H groups in total. The maximum Gasteiger partial charge on any atom is 0.267 e.